The molecule has 0 N–H and O–H groups in total. The van der Waals surface area contributed by atoms with E-state index in [9.17, 15) is 0 Å². The third-order valence-corrected chi connectivity index (χ3v) is 15.9. The summed E-state index contributed by atoms with van der Waals surface area (Å²) < 4.78 is 14.3. The van der Waals surface area contributed by atoms with Gasteiger partial charge in [-0.2, -0.15) is 0 Å². The van der Waals surface area contributed by atoms with E-state index in [0.717, 1.165) is 78.0 Å². The van der Waals surface area contributed by atoms with Gasteiger partial charge in [0.15, 0.2) is 11.2 Å². The number of anilines is 6. The van der Waals surface area contributed by atoms with E-state index in [-0.39, 0.29) is 10.8 Å². The Kier molecular flexibility index (Phi) is 8.97. The molecular formula is C66H56N2O2. The van der Waals surface area contributed by atoms with Gasteiger partial charge in [0, 0.05) is 55.1 Å². The van der Waals surface area contributed by atoms with Crippen LogP contribution in [0, 0.1) is 41.5 Å². The van der Waals surface area contributed by atoms with Crippen LogP contribution in [-0.4, -0.2) is 0 Å². The molecule has 2 aliphatic rings. The van der Waals surface area contributed by atoms with Crippen LogP contribution in [0.2, 0.25) is 0 Å². The zero-order valence-corrected chi connectivity index (χ0v) is 41.7. The maximum absolute atomic E-state index is 7.14. The average molecular weight is 909 g/mol. The lowest BCUT2D eigenvalue weighted by molar-refractivity contribution is 0.650. The van der Waals surface area contributed by atoms with E-state index in [1.807, 2.05) is 0 Å². The molecule has 0 bridgehead atoms. The highest BCUT2D eigenvalue weighted by atomic mass is 16.3. The van der Waals surface area contributed by atoms with Crippen LogP contribution in [0.5, 0.6) is 0 Å². The fourth-order valence-corrected chi connectivity index (χ4v) is 12.3. The highest BCUT2D eigenvalue weighted by molar-refractivity contribution is 6.22. The SMILES string of the molecule is Cc1ccc(N(c2ccc(C)cc2C)c2cc3c(c4c2oc2ccccc24)-c2cc4c(cc2C3(C)C)-c2c(cc(N(c3ccc(C)cc3)c3ccc(C)cc3C)c3oc5ccccc5c23)C4(C)C)cc1. The van der Waals surface area contributed by atoms with Gasteiger partial charge in [-0.1, -0.05) is 135 Å². The third-order valence-electron chi connectivity index (χ3n) is 15.9. The second-order valence-corrected chi connectivity index (χ2v) is 21.4. The summed E-state index contributed by atoms with van der Waals surface area (Å²) in [5.41, 5.74) is 27.1. The van der Waals surface area contributed by atoms with Crippen molar-refractivity contribution in [2.75, 3.05) is 9.80 Å². The first-order valence-corrected chi connectivity index (χ1v) is 24.7. The molecule has 0 atom stereocenters. The van der Waals surface area contributed by atoms with Crippen molar-refractivity contribution >= 4 is 78.0 Å². The zero-order chi connectivity index (χ0) is 48.1. The zero-order valence-electron chi connectivity index (χ0n) is 41.7. The standard InChI is InChI=1S/C66H56N2O2/c1-37-19-25-43(26-20-37)67(53-29-23-39(3)31-41(53)5)55-35-51-59(61-45-15-11-13-17-57(45)69-63(55)61)47-33-50-48(34-49(47)65(51,7)8)60-52(66(50,9)10)36-56(64-62(60)46-16-12-14-18-58(46)70-64)68(44-27-21-38(2)22-28-44)54-30-24-40(4)32-42(54)6/h11-36H,1-10H3. The molecule has 9 aromatic carbocycles. The molecule has 0 spiro atoms. The first-order valence-electron chi connectivity index (χ1n) is 24.7. The van der Waals surface area contributed by atoms with E-state index in [0.29, 0.717) is 0 Å². The van der Waals surface area contributed by atoms with Gasteiger partial charge < -0.3 is 18.6 Å². The third kappa shape index (κ3) is 5.95. The molecule has 0 radical (unpaired) electrons. The van der Waals surface area contributed by atoms with Crippen molar-refractivity contribution in [2.45, 2.75) is 80.1 Å². The first-order chi connectivity index (χ1) is 33.7. The number of para-hydroxylation sites is 2. The minimum atomic E-state index is -0.363. The smallest absolute Gasteiger partial charge is 0.160 e. The van der Waals surface area contributed by atoms with E-state index in [4.69, 9.17) is 8.83 Å². The van der Waals surface area contributed by atoms with Crippen LogP contribution < -0.4 is 9.80 Å². The molecule has 0 fully saturated rings. The van der Waals surface area contributed by atoms with Gasteiger partial charge in [-0.25, -0.2) is 0 Å². The molecule has 13 rings (SSSR count). The van der Waals surface area contributed by atoms with Gasteiger partial charge >= 0.3 is 0 Å². The Balaban J connectivity index is 1.09. The maximum atomic E-state index is 7.14. The lowest BCUT2D eigenvalue weighted by Crippen LogP contribution is -2.18. The topological polar surface area (TPSA) is 32.8 Å². The summed E-state index contributed by atoms with van der Waals surface area (Å²) in [6.07, 6.45) is 0. The normalized spacial score (nSPS) is 14.1. The number of aryl methyl sites for hydroxylation is 6. The van der Waals surface area contributed by atoms with E-state index in [1.54, 1.807) is 0 Å². The van der Waals surface area contributed by atoms with Crippen molar-refractivity contribution in [3.63, 3.8) is 0 Å². The van der Waals surface area contributed by atoms with Gasteiger partial charge in [0.25, 0.3) is 0 Å². The number of fused-ring (bicyclic) bond motifs is 14. The molecular weight excluding hydrogens is 853 g/mol. The number of hydrogen-bond acceptors (Lipinski definition) is 4. The molecule has 342 valence electrons. The number of furan rings is 2. The summed E-state index contributed by atoms with van der Waals surface area (Å²) in [4.78, 5) is 4.85. The fourth-order valence-electron chi connectivity index (χ4n) is 12.3. The average Bonchev–Trinajstić information content (AvgIpc) is 4.04. The minimum Gasteiger partial charge on any atom is -0.454 e. The summed E-state index contributed by atoms with van der Waals surface area (Å²) in [5, 5.41) is 4.59. The maximum Gasteiger partial charge on any atom is 0.160 e. The van der Waals surface area contributed by atoms with Crippen LogP contribution in [0.4, 0.5) is 34.1 Å². The molecule has 0 saturated carbocycles. The van der Waals surface area contributed by atoms with E-state index in [1.165, 1.54) is 77.9 Å². The predicted octanol–water partition coefficient (Wildman–Crippen LogP) is 18.9. The van der Waals surface area contributed by atoms with Crippen LogP contribution in [-0.2, 0) is 10.8 Å². The summed E-state index contributed by atoms with van der Waals surface area (Å²) in [6, 6.07) is 58.6. The highest BCUT2D eigenvalue weighted by Crippen LogP contribution is 2.62. The Morgan fingerprint density at radius 3 is 1.11 bits per heavy atom. The van der Waals surface area contributed by atoms with Crippen LogP contribution >= 0.6 is 0 Å². The lowest BCUT2D eigenvalue weighted by Gasteiger charge is -2.30. The minimum absolute atomic E-state index is 0.363. The Morgan fingerprint density at radius 1 is 0.357 bits per heavy atom. The molecule has 2 aromatic heterocycles. The molecule has 2 heterocycles. The molecule has 2 aliphatic carbocycles. The van der Waals surface area contributed by atoms with Gasteiger partial charge in [-0.15, -0.1) is 0 Å². The molecule has 0 unspecified atom stereocenters. The fraction of sp³-hybridized carbons (Fsp3) is 0.182. The molecule has 70 heavy (non-hydrogen) atoms. The first kappa shape index (κ1) is 42.3. The molecule has 0 amide bonds. The van der Waals surface area contributed by atoms with Crippen molar-refractivity contribution in [1.29, 1.82) is 0 Å². The summed E-state index contributed by atoms with van der Waals surface area (Å²) in [6.45, 7) is 22.8. The summed E-state index contributed by atoms with van der Waals surface area (Å²) in [5.74, 6) is 0. The second-order valence-electron chi connectivity index (χ2n) is 21.4. The van der Waals surface area contributed by atoms with Crippen molar-refractivity contribution in [1.82, 2.24) is 0 Å². The molecule has 0 aliphatic heterocycles. The van der Waals surface area contributed by atoms with E-state index in [2.05, 4.69) is 237 Å². The van der Waals surface area contributed by atoms with Gasteiger partial charge in [-0.3, -0.25) is 0 Å². The van der Waals surface area contributed by atoms with Crippen molar-refractivity contribution in [3.8, 4) is 22.3 Å². The Bertz CT molecular complexity index is 3750. The van der Waals surface area contributed by atoms with Crippen LogP contribution in [0.3, 0.4) is 0 Å². The Morgan fingerprint density at radius 2 is 0.729 bits per heavy atom. The largest absolute Gasteiger partial charge is 0.454 e. The van der Waals surface area contributed by atoms with Gasteiger partial charge in [0.05, 0.1) is 11.4 Å². The summed E-state index contributed by atoms with van der Waals surface area (Å²) in [7, 11) is 0. The van der Waals surface area contributed by atoms with Crippen LogP contribution in [0.25, 0.3) is 66.1 Å². The number of rotatable bonds is 6. The molecule has 4 nitrogen and oxygen atoms in total. The van der Waals surface area contributed by atoms with Gasteiger partial charge in [0.1, 0.15) is 11.2 Å². The Labute approximate surface area is 410 Å². The van der Waals surface area contributed by atoms with Crippen molar-refractivity contribution < 1.29 is 8.83 Å². The summed E-state index contributed by atoms with van der Waals surface area (Å²) >= 11 is 0. The van der Waals surface area contributed by atoms with Crippen molar-refractivity contribution in [2.24, 2.45) is 0 Å². The van der Waals surface area contributed by atoms with Crippen molar-refractivity contribution in [3.05, 3.63) is 213 Å². The monoisotopic (exact) mass is 908 g/mol. The predicted molar refractivity (Wildman–Crippen MR) is 294 cm³/mol. The number of nitrogens with zero attached hydrogens (tertiary/aromatic N) is 2. The molecule has 11 aromatic rings. The van der Waals surface area contributed by atoms with Crippen LogP contribution in [0.15, 0.2) is 167 Å². The number of hydrogen-bond donors (Lipinski definition) is 0. The van der Waals surface area contributed by atoms with E-state index >= 15 is 0 Å². The molecule has 0 saturated heterocycles. The molecule has 4 heteroatoms. The second kappa shape index (κ2) is 14.8. The van der Waals surface area contributed by atoms with Crippen LogP contribution in [0.1, 0.15) is 83.3 Å². The van der Waals surface area contributed by atoms with E-state index < -0.39 is 0 Å². The lowest BCUT2D eigenvalue weighted by atomic mass is 9.79. The quantitative estimate of drug-likeness (QED) is 0.166. The highest BCUT2D eigenvalue weighted by Gasteiger charge is 2.45. The van der Waals surface area contributed by atoms with Gasteiger partial charge in [-0.05, 0) is 170 Å². The van der Waals surface area contributed by atoms with Gasteiger partial charge in [0.2, 0.25) is 0 Å². The Hall–Kier alpha value is -7.82. The number of benzene rings is 9.